The van der Waals surface area contributed by atoms with Crippen molar-refractivity contribution in [2.75, 3.05) is 0 Å². The number of hydrogen-bond acceptors (Lipinski definition) is 3. The monoisotopic (exact) mass is 283 g/mol. The molecule has 0 bridgehead atoms. The van der Waals surface area contributed by atoms with Crippen LogP contribution in [0.4, 0.5) is 8.78 Å². The lowest BCUT2D eigenvalue weighted by Crippen LogP contribution is -2.25. The predicted molar refractivity (Wildman–Crippen MR) is 65.5 cm³/mol. The smallest absolute Gasteiger partial charge is 0.359 e. The Balaban J connectivity index is 2.53. The minimum atomic E-state index is -5.74. The van der Waals surface area contributed by atoms with E-state index in [2.05, 4.69) is 0 Å². The summed E-state index contributed by atoms with van der Waals surface area (Å²) in [6.45, 7) is 0. The molecule has 0 aliphatic rings. The van der Waals surface area contributed by atoms with Gasteiger partial charge in [0.15, 0.2) is 10.1 Å². The Morgan fingerprint density at radius 3 is 2.05 bits per heavy atom. The molecule has 0 fully saturated rings. The maximum absolute atomic E-state index is 13.5. The first kappa shape index (κ1) is 13.6. The van der Waals surface area contributed by atoms with E-state index in [1.54, 1.807) is 36.4 Å². The van der Waals surface area contributed by atoms with Crippen molar-refractivity contribution in [2.45, 2.75) is 5.25 Å². The van der Waals surface area contributed by atoms with Crippen LogP contribution in [0, 0.1) is 0 Å². The Morgan fingerprint density at radius 1 is 0.895 bits per heavy atom. The summed E-state index contributed by atoms with van der Waals surface area (Å²) >= 11 is 0. The van der Waals surface area contributed by atoms with Crippen molar-refractivity contribution in [3.05, 3.63) is 60.2 Å². The van der Waals surface area contributed by atoms with E-state index in [1.807, 2.05) is 0 Å². The summed E-state index contributed by atoms with van der Waals surface area (Å²) in [6, 6.07) is 13.4. The second-order valence-corrected chi connectivity index (χ2v) is 5.34. The van der Waals surface area contributed by atoms with E-state index < -0.39 is 20.9 Å². The van der Waals surface area contributed by atoms with Crippen molar-refractivity contribution in [1.82, 2.24) is 0 Å². The number of hydrogen-bond donors (Lipinski definition) is 0. The lowest BCUT2D eigenvalue weighted by atomic mass is 10.0. The second kappa shape index (κ2) is 4.71. The normalized spacial score (nSPS) is 12.4. The fraction of sp³-hybridized carbons (Fsp3) is 0.0769. The van der Waals surface area contributed by atoms with Crippen LogP contribution in [0.2, 0.25) is 0 Å². The van der Waals surface area contributed by atoms with E-state index in [4.69, 9.17) is 0 Å². The molecule has 6 heteroatoms. The molecule has 2 aromatic carbocycles. The minimum Gasteiger partial charge on any atom is -0.743 e. The standard InChI is InChI=1S/C13H10F2O3S/c14-13(15,19(16,17)18)12-8-4-7-11(9-12)10-5-2-1-3-6-10/h1-9H,(H,16,17,18)/p-1. The number of halogens is 2. The van der Waals surface area contributed by atoms with E-state index in [0.29, 0.717) is 11.1 Å². The minimum absolute atomic E-state index is 0.418. The maximum Gasteiger partial charge on any atom is 0.359 e. The first-order chi connectivity index (χ1) is 8.82. The van der Waals surface area contributed by atoms with Crippen LogP contribution < -0.4 is 0 Å². The van der Waals surface area contributed by atoms with Crippen molar-refractivity contribution in [3.63, 3.8) is 0 Å². The van der Waals surface area contributed by atoms with Crippen LogP contribution in [0.5, 0.6) is 0 Å². The summed E-state index contributed by atoms with van der Waals surface area (Å²) in [6.07, 6.45) is 0. The Kier molecular flexibility index (Phi) is 3.38. The molecule has 2 aromatic rings. The lowest BCUT2D eigenvalue weighted by Gasteiger charge is -2.20. The zero-order valence-corrected chi connectivity index (χ0v) is 10.4. The summed E-state index contributed by atoms with van der Waals surface area (Å²) in [5.41, 5.74) is 0.244. The summed E-state index contributed by atoms with van der Waals surface area (Å²) in [4.78, 5) is 0. The molecule has 0 amide bonds. The molecule has 0 radical (unpaired) electrons. The molecule has 0 spiro atoms. The van der Waals surface area contributed by atoms with Crippen LogP contribution in [0.15, 0.2) is 54.6 Å². The van der Waals surface area contributed by atoms with Crippen LogP contribution >= 0.6 is 0 Å². The van der Waals surface area contributed by atoms with Gasteiger partial charge in [0.1, 0.15) is 0 Å². The van der Waals surface area contributed by atoms with Crippen LogP contribution in [-0.4, -0.2) is 13.0 Å². The average Bonchev–Trinajstić information content (AvgIpc) is 2.39. The number of alkyl halides is 2. The van der Waals surface area contributed by atoms with Gasteiger partial charge in [-0.05, 0) is 17.2 Å². The number of benzene rings is 2. The zero-order chi connectivity index (χ0) is 14.1. The highest BCUT2D eigenvalue weighted by Crippen LogP contribution is 2.35. The SMILES string of the molecule is O=S(=O)([O-])C(F)(F)c1cccc(-c2ccccc2)c1. The molecule has 0 aliphatic carbocycles. The Labute approximate surface area is 109 Å². The van der Waals surface area contributed by atoms with Crippen LogP contribution in [0.25, 0.3) is 11.1 Å². The molecule has 0 N–H and O–H groups in total. The van der Waals surface area contributed by atoms with Gasteiger partial charge in [-0.3, -0.25) is 0 Å². The quantitative estimate of drug-likeness (QED) is 0.814. The topological polar surface area (TPSA) is 57.2 Å². The van der Waals surface area contributed by atoms with E-state index in [0.717, 1.165) is 12.1 Å². The van der Waals surface area contributed by atoms with Gasteiger partial charge in [-0.15, -0.1) is 0 Å². The molecule has 0 saturated carbocycles. The van der Waals surface area contributed by atoms with Crippen LogP contribution in [0.3, 0.4) is 0 Å². The Bertz CT molecular complexity index is 682. The van der Waals surface area contributed by atoms with Crippen LogP contribution in [-0.2, 0) is 15.4 Å². The summed E-state index contributed by atoms with van der Waals surface area (Å²) < 4.78 is 58.7. The van der Waals surface area contributed by atoms with Crippen molar-refractivity contribution < 1.29 is 21.8 Å². The third-order valence-corrected chi connectivity index (χ3v) is 3.48. The van der Waals surface area contributed by atoms with E-state index in [1.165, 1.54) is 6.07 Å². The highest BCUT2D eigenvalue weighted by molar-refractivity contribution is 7.86. The van der Waals surface area contributed by atoms with Gasteiger partial charge in [0, 0.05) is 5.56 Å². The van der Waals surface area contributed by atoms with Gasteiger partial charge < -0.3 is 4.55 Å². The molecule has 0 aliphatic heterocycles. The first-order valence-electron chi connectivity index (χ1n) is 5.31. The molecule has 0 aromatic heterocycles. The Morgan fingerprint density at radius 2 is 1.47 bits per heavy atom. The molecular formula is C13H9F2O3S-. The van der Waals surface area contributed by atoms with Gasteiger partial charge in [-0.1, -0.05) is 48.5 Å². The van der Waals surface area contributed by atoms with Gasteiger partial charge in [-0.25, -0.2) is 8.42 Å². The van der Waals surface area contributed by atoms with Crippen molar-refractivity contribution in [3.8, 4) is 11.1 Å². The zero-order valence-electron chi connectivity index (χ0n) is 9.59. The molecule has 3 nitrogen and oxygen atoms in total. The van der Waals surface area contributed by atoms with Crippen molar-refractivity contribution >= 4 is 10.1 Å². The van der Waals surface area contributed by atoms with Crippen molar-refractivity contribution in [2.24, 2.45) is 0 Å². The summed E-state index contributed by atoms with van der Waals surface area (Å²) in [7, 11) is -5.74. The molecule has 0 atom stereocenters. The highest BCUT2D eigenvalue weighted by Gasteiger charge is 2.39. The van der Waals surface area contributed by atoms with Gasteiger partial charge in [0.25, 0.3) is 0 Å². The average molecular weight is 283 g/mol. The summed E-state index contributed by atoms with van der Waals surface area (Å²) in [5.74, 6) is 0. The third kappa shape index (κ3) is 2.64. The first-order valence-corrected chi connectivity index (χ1v) is 6.72. The lowest BCUT2D eigenvalue weighted by molar-refractivity contribution is 0.0777. The molecule has 0 heterocycles. The fourth-order valence-electron chi connectivity index (χ4n) is 1.65. The van der Waals surface area contributed by atoms with E-state index in [-0.39, 0.29) is 0 Å². The summed E-state index contributed by atoms with van der Waals surface area (Å²) in [5, 5.41) is -4.43. The highest BCUT2D eigenvalue weighted by atomic mass is 32.2. The molecule has 19 heavy (non-hydrogen) atoms. The molecule has 100 valence electrons. The molecule has 0 saturated heterocycles. The van der Waals surface area contributed by atoms with Gasteiger partial charge in [-0.2, -0.15) is 8.78 Å². The van der Waals surface area contributed by atoms with Crippen molar-refractivity contribution in [1.29, 1.82) is 0 Å². The van der Waals surface area contributed by atoms with Gasteiger partial charge in [0.2, 0.25) is 0 Å². The van der Waals surface area contributed by atoms with Gasteiger partial charge >= 0.3 is 5.25 Å². The van der Waals surface area contributed by atoms with Gasteiger partial charge in [0.05, 0.1) is 0 Å². The number of rotatable bonds is 3. The maximum atomic E-state index is 13.5. The second-order valence-electron chi connectivity index (χ2n) is 3.92. The molecular weight excluding hydrogens is 274 g/mol. The van der Waals surface area contributed by atoms with Crippen LogP contribution in [0.1, 0.15) is 5.56 Å². The largest absolute Gasteiger partial charge is 0.743 e. The predicted octanol–water partition coefficient (Wildman–Crippen LogP) is 2.95. The van der Waals surface area contributed by atoms with E-state index in [9.17, 15) is 21.8 Å². The Hall–Kier alpha value is -1.79. The third-order valence-electron chi connectivity index (χ3n) is 2.62. The van der Waals surface area contributed by atoms with E-state index >= 15 is 0 Å². The molecule has 0 unspecified atom stereocenters. The fourth-order valence-corrected chi connectivity index (χ4v) is 2.07. The molecule has 2 rings (SSSR count).